The van der Waals surface area contributed by atoms with E-state index in [0.717, 1.165) is 36.7 Å². The molecule has 3 fully saturated rings. The molecular weight excluding hydrogens is 380 g/mol. The van der Waals surface area contributed by atoms with Crippen LogP contribution in [0.2, 0.25) is 0 Å². The number of rotatable bonds is 1. The number of esters is 1. The van der Waals surface area contributed by atoms with Gasteiger partial charge in [0.25, 0.3) is 0 Å². The van der Waals surface area contributed by atoms with Crippen molar-refractivity contribution < 1.29 is 9.53 Å². The third-order valence-electron chi connectivity index (χ3n) is 9.51. The average Bonchev–Trinajstić information content (AvgIpc) is 3.14. The van der Waals surface area contributed by atoms with Gasteiger partial charge >= 0.3 is 5.97 Å². The number of carbonyl (C=O) groups is 1. The molecule has 4 aliphatic rings. The first-order chi connectivity index (χ1) is 13.8. The molecule has 0 aromatic carbocycles. The first kappa shape index (κ1) is 19.4. The molecule has 1 aromatic rings. The summed E-state index contributed by atoms with van der Waals surface area (Å²) in [5.74, 6) is 2.68. The Morgan fingerprint density at radius 2 is 1.93 bits per heavy atom. The van der Waals surface area contributed by atoms with Crippen LogP contribution >= 0.6 is 11.3 Å². The number of nitriles is 1. The van der Waals surface area contributed by atoms with E-state index in [0.29, 0.717) is 22.3 Å². The van der Waals surface area contributed by atoms with Crippen molar-refractivity contribution in [2.75, 3.05) is 5.73 Å². The average molecular weight is 413 g/mol. The molecule has 0 aliphatic heterocycles. The van der Waals surface area contributed by atoms with Crippen molar-refractivity contribution in [1.82, 2.24) is 0 Å². The number of hydrogen-bond donors (Lipinski definition) is 1. The van der Waals surface area contributed by atoms with Gasteiger partial charge in [-0.1, -0.05) is 13.8 Å². The molecule has 0 saturated heterocycles. The summed E-state index contributed by atoms with van der Waals surface area (Å²) >= 11 is 1.66. The van der Waals surface area contributed by atoms with Crippen LogP contribution in [-0.4, -0.2) is 12.1 Å². The predicted octanol–water partition coefficient (Wildman–Crippen LogP) is 5.09. The molecule has 4 nitrogen and oxygen atoms in total. The third-order valence-corrected chi connectivity index (χ3v) is 10.6. The van der Waals surface area contributed by atoms with E-state index >= 15 is 0 Å². The van der Waals surface area contributed by atoms with Gasteiger partial charge in [-0.15, -0.1) is 11.3 Å². The zero-order chi connectivity index (χ0) is 20.6. The molecule has 29 heavy (non-hydrogen) atoms. The van der Waals surface area contributed by atoms with Crippen LogP contribution in [0, 0.1) is 45.8 Å². The molecule has 0 radical (unpaired) electrons. The zero-order valence-electron chi connectivity index (χ0n) is 17.8. The number of ether oxygens (including phenoxy) is 1. The predicted molar refractivity (Wildman–Crippen MR) is 114 cm³/mol. The molecule has 7 atom stereocenters. The maximum Gasteiger partial charge on any atom is 0.302 e. The molecular formula is C24H32N2O2S. The molecule has 5 heteroatoms. The highest BCUT2D eigenvalue weighted by Crippen LogP contribution is 2.66. The molecule has 1 heterocycles. The van der Waals surface area contributed by atoms with Crippen LogP contribution in [0.4, 0.5) is 5.00 Å². The summed E-state index contributed by atoms with van der Waals surface area (Å²) in [7, 11) is 0. The lowest BCUT2D eigenvalue weighted by molar-refractivity contribution is -0.160. The summed E-state index contributed by atoms with van der Waals surface area (Å²) in [5, 5.41) is 10.3. The quantitative estimate of drug-likeness (QED) is 0.652. The summed E-state index contributed by atoms with van der Waals surface area (Å²) < 4.78 is 5.79. The fourth-order valence-corrected chi connectivity index (χ4v) is 9.33. The molecule has 3 saturated carbocycles. The van der Waals surface area contributed by atoms with Crippen LogP contribution in [0.1, 0.15) is 75.3 Å². The number of thiophene rings is 1. The van der Waals surface area contributed by atoms with E-state index in [1.54, 1.807) is 18.3 Å². The maximum absolute atomic E-state index is 11.7. The smallest absolute Gasteiger partial charge is 0.302 e. The molecule has 3 unspecified atom stereocenters. The van der Waals surface area contributed by atoms with E-state index in [-0.39, 0.29) is 17.5 Å². The van der Waals surface area contributed by atoms with Gasteiger partial charge in [0.15, 0.2) is 0 Å². The fourth-order valence-electron chi connectivity index (χ4n) is 8.10. The van der Waals surface area contributed by atoms with Gasteiger partial charge in [0.1, 0.15) is 17.2 Å². The topological polar surface area (TPSA) is 76.1 Å². The molecule has 0 spiro atoms. The monoisotopic (exact) mass is 412 g/mol. The number of hydrogen-bond acceptors (Lipinski definition) is 5. The molecule has 156 valence electrons. The van der Waals surface area contributed by atoms with Gasteiger partial charge in [-0.3, -0.25) is 4.79 Å². The van der Waals surface area contributed by atoms with Crippen LogP contribution in [-0.2, 0) is 22.4 Å². The van der Waals surface area contributed by atoms with Crippen molar-refractivity contribution in [2.24, 2.45) is 34.5 Å². The number of fused-ring (bicyclic) bond motifs is 6. The summed E-state index contributed by atoms with van der Waals surface area (Å²) in [6, 6.07) is 2.37. The van der Waals surface area contributed by atoms with Gasteiger partial charge in [0.2, 0.25) is 0 Å². The van der Waals surface area contributed by atoms with Crippen molar-refractivity contribution in [3.05, 3.63) is 16.0 Å². The number of carbonyl (C=O) groups excluding carboxylic acids is 1. The minimum Gasteiger partial charge on any atom is -0.462 e. The zero-order valence-corrected chi connectivity index (χ0v) is 18.6. The number of anilines is 1. The highest BCUT2D eigenvalue weighted by molar-refractivity contribution is 7.16. The van der Waals surface area contributed by atoms with Crippen molar-refractivity contribution in [3.63, 3.8) is 0 Å². The fraction of sp³-hybridized carbons (Fsp3) is 0.750. The van der Waals surface area contributed by atoms with E-state index < -0.39 is 0 Å². The standard InChI is InChI=1S/C24H32N2O2S/c1-13(27)28-21-7-6-18-15-5-4-14-10-16-17(12-25)22(26)29-20(16)11-24(14,3)19(15)8-9-23(18,21)2/h14-15,18-19,21H,4-11,26H2,1-3H3/t14-,15?,18?,19?,21-,23-,24-/m0/s1. The van der Waals surface area contributed by atoms with Crippen LogP contribution in [0.3, 0.4) is 0 Å². The van der Waals surface area contributed by atoms with E-state index in [1.165, 1.54) is 42.5 Å². The molecule has 1 aromatic heterocycles. The Balaban J connectivity index is 1.45. The maximum atomic E-state index is 11.7. The second kappa shape index (κ2) is 6.48. The van der Waals surface area contributed by atoms with Gasteiger partial charge in [-0.05, 0) is 86.0 Å². The SMILES string of the molecule is CC(=O)O[C@H]1CCC2C3CC[C@H]4Cc5c(sc(N)c5C#N)C[C@]4(C)C3CC[C@@]21C. The van der Waals surface area contributed by atoms with Gasteiger partial charge < -0.3 is 10.5 Å². The minimum atomic E-state index is -0.127. The normalized spacial score (nSPS) is 42.8. The second-order valence-electron chi connectivity index (χ2n) is 10.6. The van der Waals surface area contributed by atoms with E-state index in [4.69, 9.17) is 10.5 Å². The molecule has 4 aliphatic carbocycles. The van der Waals surface area contributed by atoms with Crippen molar-refractivity contribution in [3.8, 4) is 6.07 Å². The van der Waals surface area contributed by atoms with Crippen molar-refractivity contribution >= 4 is 22.3 Å². The minimum absolute atomic E-state index is 0.102. The lowest BCUT2D eigenvalue weighted by atomic mass is 9.45. The third kappa shape index (κ3) is 2.64. The largest absolute Gasteiger partial charge is 0.462 e. The van der Waals surface area contributed by atoms with E-state index in [2.05, 4.69) is 19.9 Å². The summed E-state index contributed by atoms with van der Waals surface area (Å²) in [5.41, 5.74) is 8.66. The number of nitrogens with zero attached hydrogens (tertiary/aromatic N) is 1. The Labute approximate surface area is 177 Å². The Hall–Kier alpha value is -1.54. The summed E-state index contributed by atoms with van der Waals surface area (Å²) in [6.45, 7) is 6.47. The van der Waals surface area contributed by atoms with Gasteiger partial charge in [0, 0.05) is 17.2 Å². The number of nitrogen functional groups attached to an aromatic ring is 1. The second-order valence-corrected chi connectivity index (χ2v) is 11.7. The lowest BCUT2D eigenvalue weighted by Crippen LogP contribution is -2.54. The van der Waals surface area contributed by atoms with E-state index in [9.17, 15) is 10.1 Å². The molecule has 0 amide bonds. The van der Waals surface area contributed by atoms with Crippen LogP contribution in [0.25, 0.3) is 0 Å². The molecule has 0 bridgehead atoms. The van der Waals surface area contributed by atoms with Gasteiger partial charge in [0.05, 0.1) is 5.56 Å². The Morgan fingerprint density at radius 3 is 2.66 bits per heavy atom. The Morgan fingerprint density at radius 1 is 1.17 bits per heavy atom. The van der Waals surface area contributed by atoms with E-state index in [1.807, 2.05) is 0 Å². The summed E-state index contributed by atoms with van der Waals surface area (Å²) in [4.78, 5) is 13.0. The Kier molecular flexibility index (Phi) is 4.34. The number of nitrogens with two attached hydrogens (primary N) is 1. The highest BCUT2D eigenvalue weighted by atomic mass is 32.1. The molecule has 5 rings (SSSR count). The lowest BCUT2D eigenvalue weighted by Gasteiger charge is -2.60. The van der Waals surface area contributed by atoms with Crippen LogP contribution < -0.4 is 5.73 Å². The van der Waals surface area contributed by atoms with Crippen molar-refractivity contribution in [1.29, 1.82) is 5.26 Å². The highest BCUT2D eigenvalue weighted by Gasteiger charge is 2.61. The summed E-state index contributed by atoms with van der Waals surface area (Å²) in [6.07, 6.45) is 9.39. The van der Waals surface area contributed by atoms with Gasteiger partial charge in [-0.25, -0.2) is 0 Å². The van der Waals surface area contributed by atoms with Gasteiger partial charge in [-0.2, -0.15) is 5.26 Å². The first-order valence-electron chi connectivity index (χ1n) is 11.2. The van der Waals surface area contributed by atoms with Crippen LogP contribution in [0.15, 0.2) is 0 Å². The van der Waals surface area contributed by atoms with Crippen molar-refractivity contribution in [2.45, 2.75) is 78.2 Å². The Bertz CT molecular complexity index is 901. The molecule has 2 N–H and O–H groups in total. The first-order valence-corrected chi connectivity index (χ1v) is 12.1. The van der Waals surface area contributed by atoms with Crippen LogP contribution in [0.5, 0.6) is 0 Å².